The average Bonchev–Trinajstić information content (AvgIpc) is 2.55. The van der Waals surface area contributed by atoms with Crippen LogP contribution < -0.4 is 9.47 Å². The van der Waals surface area contributed by atoms with E-state index in [1.165, 1.54) is 18.2 Å². The van der Waals surface area contributed by atoms with Crippen LogP contribution in [-0.4, -0.2) is 23.7 Å². The van der Waals surface area contributed by atoms with Gasteiger partial charge in [0.1, 0.15) is 17.1 Å². The molecule has 0 spiro atoms. The summed E-state index contributed by atoms with van der Waals surface area (Å²) in [5, 5.41) is 9.41. The van der Waals surface area contributed by atoms with E-state index in [1.54, 1.807) is 18.2 Å². The van der Waals surface area contributed by atoms with Crippen LogP contribution in [0.5, 0.6) is 11.5 Å². The van der Waals surface area contributed by atoms with Crippen LogP contribution in [0.4, 0.5) is 0 Å². The highest BCUT2D eigenvalue weighted by molar-refractivity contribution is 9.10. The van der Waals surface area contributed by atoms with Gasteiger partial charge in [-0.25, -0.2) is 9.59 Å². The fourth-order valence-electron chi connectivity index (χ4n) is 1.87. The highest BCUT2D eigenvalue weighted by Crippen LogP contribution is 2.28. The average molecular weight is 414 g/mol. The van der Waals surface area contributed by atoms with Crippen molar-refractivity contribution in [2.75, 3.05) is 6.61 Å². The maximum Gasteiger partial charge on any atom is 0.343 e. The van der Waals surface area contributed by atoms with Crippen molar-refractivity contribution in [1.29, 1.82) is 0 Å². The minimum atomic E-state index is -1.23. The van der Waals surface area contributed by atoms with Gasteiger partial charge in [0.2, 0.25) is 0 Å². The molecular formula is C17H14BrClO5. The van der Waals surface area contributed by atoms with Gasteiger partial charge in [-0.3, -0.25) is 0 Å². The first kappa shape index (κ1) is 18.3. The molecule has 2 rings (SSSR count). The SMILES string of the molecule is CCCOc1ccc(C(=O)Oc2ccc(Cl)cc2C(=O)O)cc1Br. The minimum absolute atomic E-state index is 0.0701. The standard InChI is InChI=1S/C17H14BrClO5/c1-2-7-23-15-5-3-10(8-13(15)18)17(22)24-14-6-4-11(19)9-12(14)16(20)21/h3-6,8-9H,2,7H2,1H3,(H,20,21). The molecule has 0 aliphatic rings. The molecule has 0 aromatic heterocycles. The van der Waals surface area contributed by atoms with Gasteiger partial charge in [-0.15, -0.1) is 0 Å². The second kappa shape index (κ2) is 8.17. The lowest BCUT2D eigenvalue weighted by Gasteiger charge is -2.10. The van der Waals surface area contributed by atoms with Crippen LogP contribution >= 0.6 is 27.5 Å². The smallest absolute Gasteiger partial charge is 0.343 e. The van der Waals surface area contributed by atoms with Gasteiger partial charge in [-0.2, -0.15) is 0 Å². The number of hydrogen-bond donors (Lipinski definition) is 1. The van der Waals surface area contributed by atoms with Gasteiger partial charge in [-0.1, -0.05) is 18.5 Å². The molecule has 0 saturated heterocycles. The quantitative estimate of drug-likeness (QED) is 0.543. The summed E-state index contributed by atoms with van der Waals surface area (Å²) >= 11 is 9.10. The summed E-state index contributed by atoms with van der Waals surface area (Å²) in [5.74, 6) is -1.36. The molecule has 5 nitrogen and oxygen atoms in total. The third-order valence-electron chi connectivity index (χ3n) is 3.00. The van der Waals surface area contributed by atoms with E-state index < -0.39 is 11.9 Å². The highest BCUT2D eigenvalue weighted by Gasteiger charge is 2.17. The third kappa shape index (κ3) is 4.49. The second-order valence-electron chi connectivity index (χ2n) is 4.83. The summed E-state index contributed by atoms with van der Waals surface area (Å²) in [6.07, 6.45) is 0.866. The summed E-state index contributed by atoms with van der Waals surface area (Å²) in [6.45, 7) is 2.56. The Hall–Kier alpha value is -2.05. The van der Waals surface area contributed by atoms with Crippen molar-refractivity contribution < 1.29 is 24.2 Å². The van der Waals surface area contributed by atoms with E-state index in [4.69, 9.17) is 26.2 Å². The van der Waals surface area contributed by atoms with Crippen LogP contribution in [0, 0.1) is 0 Å². The monoisotopic (exact) mass is 412 g/mol. The van der Waals surface area contributed by atoms with Crippen LogP contribution in [-0.2, 0) is 0 Å². The predicted molar refractivity (Wildman–Crippen MR) is 93.3 cm³/mol. The molecule has 0 amide bonds. The van der Waals surface area contributed by atoms with Crippen molar-refractivity contribution in [2.45, 2.75) is 13.3 Å². The van der Waals surface area contributed by atoms with E-state index in [0.29, 0.717) is 16.8 Å². The Labute approximate surface area is 152 Å². The summed E-state index contributed by atoms with van der Waals surface area (Å²) in [7, 11) is 0. The Morgan fingerprint density at radius 2 is 1.88 bits per heavy atom. The molecule has 0 radical (unpaired) electrons. The zero-order chi connectivity index (χ0) is 17.7. The molecule has 1 N–H and O–H groups in total. The van der Waals surface area contributed by atoms with Crippen molar-refractivity contribution in [3.05, 3.63) is 57.0 Å². The normalized spacial score (nSPS) is 10.3. The Morgan fingerprint density at radius 3 is 2.50 bits per heavy atom. The number of hydrogen-bond acceptors (Lipinski definition) is 4. The van der Waals surface area contributed by atoms with Gasteiger partial charge in [0.25, 0.3) is 0 Å². The first-order valence-corrected chi connectivity index (χ1v) is 8.27. The lowest BCUT2D eigenvalue weighted by Crippen LogP contribution is -2.11. The number of carboxylic acids is 1. The fourth-order valence-corrected chi connectivity index (χ4v) is 2.54. The van der Waals surface area contributed by atoms with Crippen molar-refractivity contribution in [1.82, 2.24) is 0 Å². The summed E-state index contributed by atoms with van der Waals surface area (Å²) in [4.78, 5) is 23.5. The van der Waals surface area contributed by atoms with Crippen LogP contribution in [0.15, 0.2) is 40.9 Å². The van der Waals surface area contributed by atoms with Crippen LogP contribution in [0.25, 0.3) is 0 Å². The molecule has 0 aliphatic carbocycles. The van der Waals surface area contributed by atoms with E-state index in [9.17, 15) is 9.59 Å². The molecule has 0 saturated carbocycles. The van der Waals surface area contributed by atoms with Crippen LogP contribution in [0.1, 0.15) is 34.1 Å². The van der Waals surface area contributed by atoms with Gasteiger partial charge < -0.3 is 14.6 Å². The molecule has 24 heavy (non-hydrogen) atoms. The zero-order valence-electron chi connectivity index (χ0n) is 12.7. The Bertz CT molecular complexity index is 776. The van der Waals surface area contributed by atoms with Crippen molar-refractivity contribution in [2.24, 2.45) is 0 Å². The first-order valence-electron chi connectivity index (χ1n) is 7.09. The van der Waals surface area contributed by atoms with Gasteiger partial charge in [0, 0.05) is 5.02 Å². The number of carbonyl (C=O) groups is 2. The molecule has 0 heterocycles. The first-order chi connectivity index (χ1) is 11.4. The van der Waals surface area contributed by atoms with Crippen LogP contribution in [0.3, 0.4) is 0 Å². The third-order valence-corrected chi connectivity index (χ3v) is 3.86. The van der Waals surface area contributed by atoms with Gasteiger partial charge in [0.05, 0.1) is 16.6 Å². The van der Waals surface area contributed by atoms with Gasteiger partial charge >= 0.3 is 11.9 Å². The van der Waals surface area contributed by atoms with Crippen molar-refractivity contribution in [3.8, 4) is 11.5 Å². The summed E-state index contributed by atoms with van der Waals surface area (Å²) in [5.41, 5.74) is 0.0785. The number of halogens is 2. The molecule has 0 bridgehead atoms. The molecule has 7 heteroatoms. The number of ether oxygens (including phenoxy) is 2. The number of carboxylic acid groups (broad SMARTS) is 1. The molecule has 0 atom stereocenters. The lowest BCUT2D eigenvalue weighted by molar-refractivity contribution is 0.0681. The van der Waals surface area contributed by atoms with E-state index in [2.05, 4.69) is 15.9 Å². The number of benzene rings is 2. The molecule has 0 fully saturated rings. The Morgan fingerprint density at radius 1 is 1.17 bits per heavy atom. The molecule has 126 valence electrons. The predicted octanol–water partition coefficient (Wildman–Crippen LogP) is 4.81. The number of esters is 1. The van der Waals surface area contributed by atoms with Crippen molar-refractivity contribution in [3.63, 3.8) is 0 Å². The summed E-state index contributed by atoms with van der Waals surface area (Å²) in [6, 6.07) is 8.78. The Balaban J connectivity index is 2.21. The fraction of sp³-hybridized carbons (Fsp3) is 0.176. The van der Waals surface area contributed by atoms with Crippen molar-refractivity contribution >= 4 is 39.5 Å². The van der Waals surface area contributed by atoms with E-state index >= 15 is 0 Å². The van der Waals surface area contributed by atoms with E-state index in [0.717, 1.165) is 6.42 Å². The Kier molecular flexibility index (Phi) is 6.23. The second-order valence-corrected chi connectivity index (χ2v) is 6.12. The van der Waals surface area contributed by atoms with Gasteiger partial charge in [-0.05, 0) is 58.7 Å². The van der Waals surface area contributed by atoms with E-state index in [-0.39, 0.29) is 21.9 Å². The maximum absolute atomic E-state index is 12.2. The molecule has 2 aromatic rings. The zero-order valence-corrected chi connectivity index (χ0v) is 15.1. The lowest BCUT2D eigenvalue weighted by atomic mass is 10.2. The number of rotatable bonds is 6. The summed E-state index contributed by atoms with van der Waals surface area (Å²) < 4.78 is 11.3. The molecule has 0 unspecified atom stereocenters. The van der Waals surface area contributed by atoms with Crippen LogP contribution in [0.2, 0.25) is 5.02 Å². The molecule has 2 aromatic carbocycles. The number of aromatic carboxylic acids is 1. The maximum atomic E-state index is 12.2. The van der Waals surface area contributed by atoms with Gasteiger partial charge in [0.15, 0.2) is 0 Å². The molecular weight excluding hydrogens is 400 g/mol. The molecule has 0 aliphatic heterocycles. The highest BCUT2D eigenvalue weighted by atomic mass is 79.9. The number of carbonyl (C=O) groups excluding carboxylic acids is 1. The topological polar surface area (TPSA) is 72.8 Å². The minimum Gasteiger partial charge on any atom is -0.492 e. The van der Waals surface area contributed by atoms with E-state index in [1.807, 2.05) is 6.92 Å². The largest absolute Gasteiger partial charge is 0.492 e.